The van der Waals surface area contributed by atoms with Crippen molar-refractivity contribution in [3.63, 3.8) is 0 Å². The molecule has 0 fully saturated rings. The fourth-order valence-electron chi connectivity index (χ4n) is 2.21. The molecule has 1 heterocycles. The molecule has 0 spiro atoms. The molecular weight excluding hydrogens is 255 g/mol. The summed E-state index contributed by atoms with van der Waals surface area (Å²) in [6, 6.07) is 9.10. The molecule has 0 aliphatic carbocycles. The van der Waals surface area contributed by atoms with Crippen molar-refractivity contribution in [3.05, 3.63) is 59.3 Å². The van der Waals surface area contributed by atoms with E-state index in [1.54, 1.807) is 12.3 Å². The number of hydrogen-bond donors (Lipinski definition) is 1. The largest absolute Gasteiger partial charge is 0.468 e. The van der Waals surface area contributed by atoms with Gasteiger partial charge in [-0.25, -0.2) is 4.39 Å². The van der Waals surface area contributed by atoms with Crippen molar-refractivity contribution in [2.24, 2.45) is 0 Å². The van der Waals surface area contributed by atoms with Gasteiger partial charge in [-0.1, -0.05) is 19.1 Å². The van der Waals surface area contributed by atoms with Crippen molar-refractivity contribution >= 4 is 0 Å². The van der Waals surface area contributed by atoms with Gasteiger partial charge in [0.2, 0.25) is 0 Å². The van der Waals surface area contributed by atoms with Gasteiger partial charge in [0.15, 0.2) is 0 Å². The summed E-state index contributed by atoms with van der Waals surface area (Å²) in [4.78, 5) is 2.15. The van der Waals surface area contributed by atoms with E-state index >= 15 is 0 Å². The topological polar surface area (TPSA) is 28.4 Å². The molecule has 0 atom stereocenters. The zero-order valence-corrected chi connectivity index (χ0v) is 12.0. The lowest BCUT2D eigenvalue weighted by molar-refractivity contribution is 0.244. The van der Waals surface area contributed by atoms with Crippen molar-refractivity contribution in [1.29, 1.82) is 0 Å². The summed E-state index contributed by atoms with van der Waals surface area (Å²) in [5, 5.41) is 3.08. The van der Waals surface area contributed by atoms with Gasteiger partial charge in [-0.05, 0) is 37.4 Å². The second-order valence-corrected chi connectivity index (χ2v) is 4.84. The zero-order valence-electron chi connectivity index (χ0n) is 12.0. The lowest BCUT2D eigenvalue weighted by atomic mass is 10.1. The quantitative estimate of drug-likeness (QED) is 0.842. The number of furan rings is 1. The first-order valence-electron chi connectivity index (χ1n) is 6.89. The third kappa shape index (κ3) is 3.92. The SMILES string of the molecule is CCN(Cc1ccco1)Cc1cc(CNC)ccc1F. The normalized spacial score (nSPS) is 11.2. The van der Waals surface area contributed by atoms with Crippen LogP contribution in [0.1, 0.15) is 23.8 Å². The van der Waals surface area contributed by atoms with Gasteiger partial charge < -0.3 is 9.73 Å². The number of benzene rings is 1. The van der Waals surface area contributed by atoms with E-state index in [9.17, 15) is 4.39 Å². The standard InChI is InChI=1S/C16H21FN2O/c1-3-19(12-15-5-4-8-20-15)11-14-9-13(10-18-2)6-7-16(14)17/h4-9,18H,3,10-12H2,1-2H3. The Bertz CT molecular complexity index is 525. The average molecular weight is 276 g/mol. The van der Waals surface area contributed by atoms with E-state index in [1.165, 1.54) is 0 Å². The Morgan fingerprint density at radius 3 is 2.75 bits per heavy atom. The third-order valence-corrected chi connectivity index (χ3v) is 3.29. The second kappa shape index (κ2) is 7.22. The van der Waals surface area contributed by atoms with Gasteiger partial charge >= 0.3 is 0 Å². The van der Waals surface area contributed by atoms with Gasteiger partial charge in [-0.3, -0.25) is 4.90 Å². The van der Waals surface area contributed by atoms with Crippen LogP contribution >= 0.6 is 0 Å². The third-order valence-electron chi connectivity index (χ3n) is 3.29. The molecule has 0 unspecified atom stereocenters. The highest BCUT2D eigenvalue weighted by atomic mass is 19.1. The van der Waals surface area contributed by atoms with Gasteiger partial charge in [-0.2, -0.15) is 0 Å². The number of hydrogen-bond acceptors (Lipinski definition) is 3. The molecule has 108 valence electrons. The first-order valence-corrected chi connectivity index (χ1v) is 6.89. The highest BCUT2D eigenvalue weighted by Gasteiger charge is 2.10. The number of nitrogens with one attached hydrogen (secondary N) is 1. The summed E-state index contributed by atoms with van der Waals surface area (Å²) in [6.07, 6.45) is 1.66. The fourth-order valence-corrected chi connectivity index (χ4v) is 2.21. The molecule has 1 aromatic carbocycles. The first kappa shape index (κ1) is 14.8. The van der Waals surface area contributed by atoms with Gasteiger partial charge in [0.05, 0.1) is 12.8 Å². The molecule has 2 aromatic rings. The molecule has 3 nitrogen and oxygen atoms in total. The Labute approximate surface area is 119 Å². The van der Waals surface area contributed by atoms with Crippen molar-refractivity contribution in [1.82, 2.24) is 10.2 Å². The molecule has 0 saturated heterocycles. The molecule has 0 saturated carbocycles. The summed E-state index contributed by atoms with van der Waals surface area (Å²) < 4.78 is 19.3. The molecular formula is C16H21FN2O. The predicted molar refractivity (Wildman–Crippen MR) is 77.7 cm³/mol. The number of nitrogens with zero attached hydrogens (tertiary/aromatic N) is 1. The van der Waals surface area contributed by atoms with E-state index < -0.39 is 0 Å². The lowest BCUT2D eigenvalue weighted by Crippen LogP contribution is -2.22. The average Bonchev–Trinajstić information content (AvgIpc) is 2.95. The van der Waals surface area contributed by atoms with Crippen LogP contribution < -0.4 is 5.32 Å². The van der Waals surface area contributed by atoms with Crippen LogP contribution in [-0.2, 0) is 19.6 Å². The Balaban J connectivity index is 2.08. The summed E-state index contributed by atoms with van der Waals surface area (Å²) in [5.41, 5.74) is 1.82. The van der Waals surface area contributed by atoms with E-state index in [0.717, 1.165) is 30.0 Å². The van der Waals surface area contributed by atoms with E-state index in [2.05, 4.69) is 17.1 Å². The first-order chi connectivity index (χ1) is 9.72. The molecule has 1 N–H and O–H groups in total. The predicted octanol–water partition coefficient (Wildman–Crippen LogP) is 3.16. The number of rotatable bonds is 7. The molecule has 0 amide bonds. The summed E-state index contributed by atoms with van der Waals surface area (Å²) >= 11 is 0. The minimum absolute atomic E-state index is 0.150. The fraction of sp³-hybridized carbons (Fsp3) is 0.375. The Kier molecular flexibility index (Phi) is 5.32. The van der Waals surface area contributed by atoms with Crippen molar-refractivity contribution in [3.8, 4) is 0 Å². The molecule has 2 rings (SSSR count). The maximum absolute atomic E-state index is 13.9. The minimum Gasteiger partial charge on any atom is -0.468 e. The second-order valence-electron chi connectivity index (χ2n) is 4.84. The molecule has 1 aromatic heterocycles. The van der Waals surface area contributed by atoms with Crippen LogP contribution in [0.2, 0.25) is 0 Å². The lowest BCUT2D eigenvalue weighted by Gasteiger charge is -2.20. The van der Waals surface area contributed by atoms with E-state index in [4.69, 9.17) is 4.42 Å². The van der Waals surface area contributed by atoms with E-state index in [1.807, 2.05) is 31.3 Å². The Hall–Kier alpha value is -1.65. The van der Waals surface area contributed by atoms with Crippen LogP contribution in [0.4, 0.5) is 4.39 Å². The van der Waals surface area contributed by atoms with Crippen LogP contribution in [0.5, 0.6) is 0 Å². The molecule has 0 aliphatic heterocycles. The van der Waals surface area contributed by atoms with Crippen molar-refractivity contribution < 1.29 is 8.81 Å². The summed E-state index contributed by atoms with van der Waals surface area (Å²) in [7, 11) is 1.89. The van der Waals surface area contributed by atoms with Crippen LogP contribution in [0.3, 0.4) is 0 Å². The smallest absolute Gasteiger partial charge is 0.127 e. The maximum Gasteiger partial charge on any atom is 0.127 e. The van der Waals surface area contributed by atoms with Gasteiger partial charge in [-0.15, -0.1) is 0 Å². The molecule has 4 heteroatoms. The number of halogens is 1. The van der Waals surface area contributed by atoms with Crippen LogP contribution in [0.25, 0.3) is 0 Å². The molecule has 0 bridgehead atoms. The van der Waals surface area contributed by atoms with Crippen molar-refractivity contribution in [2.75, 3.05) is 13.6 Å². The monoisotopic (exact) mass is 276 g/mol. The van der Waals surface area contributed by atoms with Crippen LogP contribution in [0.15, 0.2) is 41.0 Å². The Morgan fingerprint density at radius 2 is 2.10 bits per heavy atom. The zero-order chi connectivity index (χ0) is 14.4. The Morgan fingerprint density at radius 1 is 1.25 bits per heavy atom. The van der Waals surface area contributed by atoms with E-state index in [-0.39, 0.29) is 5.82 Å². The highest BCUT2D eigenvalue weighted by Crippen LogP contribution is 2.15. The summed E-state index contributed by atoms with van der Waals surface area (Å²) in [6.45, 7) is 4.94. The van der Waals surface area contributed by atoms with Gasteiger partial charge in [0, 0.05) is 18.7 Å². The molecule has 0 radical (unpaired) electrons. The maximum atomic E-state index is 13.9. The van der Waals surface area contributed by atoms with E-state index in [0.29, 0.717) is 13.1 Å². The van der Waals surface area contributed by atoms with Crippen LogP contribution in [-0.4, -0.2) is 18.5 Å². The van der Waals surface area contributed by atoms with Gasteiger partial charge in [0.1, 0.15) is 11.6 Å². The molecule has 0 aliphatic rings. The summed E-state index contributed by atoms with van der Waals surface area (Å²) in [5.74, 6) is 0.751. The van der Waals surface area contributed by atoms with Crippen LogP contribution in [0, 0.1) is 5.82 Å². The minimum atomic E-state index is -0.150. The van der Waals surface area contributed by atoms with Gasteiger partial charge in [0.25, 0.3) is 0 Å². The molecule has 20 heavy (non-hydrogen) atoms. The van der Waals surface area contributed by atoms with Crippen molar-refractivity contribution in [2.45, 2.75) is 26.6 Å². The highest BCUT2D eigenvalue weighted by molar-refractivity contribution is 5.25.